The van der Waals surface area contributed by atoms with Crippen molar-refractivity contribution in [2.75, 3.05) is 43.4 Å². The smallest absolute Gasteiger partial charge is 0.263 e. The first-order chi connectivity index (χ1) is 16.8. The molecule has 1 spiro atoms. The van der Waals surface area contributed by atoms with Crippen molar-refractivity contribution in [3.63, 3.8) is 0 Å². The number of carbonyl (C=O) groups is 1. The highest BCUT2D eigenvalue weighted by Crippen LogP contribution is 2.41. The summed E-state index contributed by atoms with van der Waals surface area (Å²) < 4.78 is 1.73. The van der Waals surface area contributed by atoms with Gasteiger partial charge in [-0.25, -0.2) is 9.97 Å². The average Bonchev–Trinajstić information content (AvgIpc) is 3.30. The monoisotopic (exact) mass is 473 g/mol. The molecule has 9 heteroatoms. The summed E-state index contributed by atoms with van der Waals surface area (Å²) in [4.78, 5) is 44.2. The fourth-order valence-corrected chi connectivity index (χ4v) is 6.32. The van der Waals surface area contributed by atoms with E-state index in [1.54, 1.807) is 17.7 Å². The Kier molecular flexibility index (Phi) is 5.14. The molecule has 2 aliphatic heterocycles. The molecular formula is C26H31N7O2. The van der Waals surface area contributed by atoms with Crippen molar-refractivity contribution in [3.8, 4) is 0 Å². The number of fused-ring (bicyclic) bond motifs is 1. The zero-order valence-corrected chi connectivity index (χ0v) is 20.5. The van der Waals surface area contributed by atoms with Crippen molar-refractivity contribution in [2.45, 2.75) is 45.6 Å². The first-order valence-corrected chi connectivity index (χ1v) is 12.4. The van der Waals surface area contributed by atoms with Crippen LogP contribution in [-0.4, -0.2) is 63.4 Å². The third-order valence-corrected chi connectivity index (χ3v) is 7.87. The minimum atomic E-state index is -0.244. The van der Waals surface area contributed by atoms with Gasteiger partial charge in [0.25, 0.3) is 5.56 Å². The maximum absolute atomic E-state index is 13.4. The summed E-state index contributed by atoms with van der Waals surface area (Å²) in [5, 5.41) is 3.94. The molecule has 3 aromatic heterocycles. The van der Waals surface area contributed by atoms with Crippen LogP contribution in [0.5, 0.6) is 0 Å². The quantitative estimate of drug-likeness (QED) is 0.564. The fourth-order valence-electron chi connectivity index (χ4n) is 6.32. The lowest BCUT2D eigenvalue weighted by Gasteiger charge is -2.60. The Morgan fingerprint density at radius 2 is 1.83 bits per heavy atom. The molecule has 0 bridgehead atoms. The number of rotatable bonds is 5. The van der Waals surface area contributed by atoms with Crippen molar-refractivity contribution in [1.82, 2.24) is 24.4 Å². The second-order valence-electron chi connectivity index (χ2n) is 10.7. The number of aromatic nitrogens is 4. The van der Waals surface area contributed by atoms with E-state index in [0.29, 0.717) is 28.4 Å². The van der Waals surface area contributed by atoms with Gasteiger partial charge in [-0.05, 0) is 51.4 Å². The van der Waals surface area contributed by atoms with Gasteiger partial charge in [-0.1, -0.05) is 12.8 Å². The number of Topliss-reactive ketones (excluding diaryl/α,β-unsaturated/α-hetero) is 1. The molecule has 6 rings (SSSR count). The second kappa shape index (κ2) is 8.12. The van der Waals surface area contributed by atoms with Gasteiger partial charge in [0.15, 0.2) is 5.78 Å². The number of nitrogens with zero attached hydrogens (tertiary/aromatic N) is 6. The van der Waals surface area contributed by atoms with Crippen molar-refractivity contribution in [3.05, 3.63) is 46.0 Å². The number of anilines is 3. The van der Waals surface area contributed by atoms with Crippen LogP contribution in [0.1, 0.15) is 54.6 Å². The van der Waals surface area contributed by atoms with Crippen LogP contribution < -0.4 is 15.8 Å². The summed E-state index contributed by atoms with van der Waals surface area (Å²) in [6.07, 6.45) is 7.57. The lowest BCUT2D eigenvalue weighted by Crippen LogP contribution is -2.71. The minimum Gasteiger partial charge on any atom is -0.369 e. The molecule has 0 unspecified atom stereocenters. The maximum Gasteiger partial charge on any atom is 0.263 e. The van der Waals surface area contributed by atoms with Crippen molar-refractivity contribution in [1.29, 1.82) is 0 Å². The van der Waals surface area contributed by atoms with Gasteiger partial charge < -0.3 is 15.1 Å². The van der Waals surface area contributed by atoms with Crippen LogP contribution >= 0.6 is 0 Å². The highest BCUT2D eigenvalue weighted by molar-refractivity contribution is 5.99. The minimum absolute atomic E-state index is 0.0548. The molecule has 35 heavy (non-hydrogen) atoms. The van der Waals surface area contributed by atoms with Crippen molar-refractivity contribution >= 4 is 34.3 Å². The van der Waals surface area contributed by atoms with E-state index in [0.717, 1.165) is 49.8 Å². The highest BCUT2D eigenvalue weighted by atomic mass is 16.1. The van der Waals surface area contributed by atoms with Crippen LogP contribution in [0.3, 0.4) is 0 Å². The molecule has 182 valence electrons. The molecule has 1 aliphatic carbocycles. The normalized spacial score (nSPS) is 19.7. The van der Waals surface area contributed by atoms with Crippen molar-refractivity contribution < 1.29 is 4.79 Å². The summed E-state index contributed by atoms with van der Waals surface area (Å²) >= 11 is 0. The largest absolute Gasteiger partial charge is 0.369 e. The van der Waals surface area contributed by atoms with Gasteiger partial charge in [0.2, 0.25) is 5.95 Å². The summed E-state index contributed by atoms with van der Waals surface area (Å²) in [7, 11) is 2.17. The number of likely N-dealkylation sites (tertiary alicyclic amines) is 1. The van der Waals surface area contributed by atoms with Crippen molar-refractivity contribution in [2.24, 2.45) is 5.41 Å². The Bertz CT molecular complexity index is 1360. The third-order valence-electron chi connectivity index (χ3n) is 7.87. The molecule has 0 radical (unpaired) electrons. The Hall–Kier alpha value is -3.33. The maximum atomic E-state index is 13.4. The zero-order chi connectivity index (χ0) is 24.3. The molecule has 3 aliphatic rings. The molecule has 3 aromatic rings. The average molecular weight is 474 g/mol. The first kappa shape index (κ1) is 22.2. The molecular weight excluding hydrogens is 442 g/mol. The van der Waals surface area contributed by atoms with Gasteiger partial charge in [0, 0.05) is 49.2 Å². The molecule has 5 heterocycles. The molecule has 1 saturated carbocycles. The van der Waals surface area contributed by atoms with E-state index >= 15 is 0 Å². The number of nitrogens with one attached hydrogen (secondary N) is 1. The zero-order valence-electron chi connectivity index (χ0n) is 20.5. The van der Waals surface area contributed by atoms with Crippen LogP contribution in [0.4, 0.5) is 17.5 Å². The number of aryl methyl sites for hydroxylation is 1. The van der Waals surface area contributed by atoms with E-state index in [4.69, 9.17) is 4.98 Å². The number of pyridine rings is 2. The standard InChI is InChI=1S/C26H31N7O2/c1-16-20-11-28-25(30-23(20)33(18-6-4-5-7-18)24(35)22(16)17(2)34)29-21-9-8-19(10-27-21)32-14-26(15-32)12-31(3)13-26/h8-11,18H,4-7,12-15H2,1-3H3,(H,27,28,29,30). The van der Waals surface area contributed by atoms with Crippen LogP contribution in [0, 0.1) is 12.3 Å². The molecule has 3 fully saturated rings. The van der Waals surface area contributed by atoms with Gasteiger partial charge >= 0.3 is 0 Å². The number of ketones is 1. The molecule has 2 saturated heterocycles. The predicted molar refractivity (Wildman–Crippen MR) is 136 cm³/mol. The molecule has 0 amide bonds. The number of carbonyl (C=O) groups excluding carboxylic acids is 1. The predicted octanol–water partition coefficient (Wildman–Crippen LogP) is 3.31. The summed E-state index contributed by atoms with van der Waals surface area (Å²) in [5.74, 6) is 0.822. The van der Waals surface area contributed by atoms with E-state index in [-0.39, 0.29) is 22.9 Å². The number of hydrogen-bond donors (Lipinski definition) is 1. The van der Waals surface area contributed by atoms with Gasteiger partial charge in [0.1, 0.15) is 11.5 Å². The van der Waals surface area contributed by atoms with E-state index in [9.17, 15) is 9.59 Å². The Labute approximate surface area is 204 Å². The number of hydrogen-bond acceptors (Lipinski definition) is 8. The Balaban J connectivity index is 1.28. The van der Waals surface area contributed by atoms with Gasteiger partial charge in [-0.15, -0.1) is 0 Å². The highest BCUT2D eigenvalue weighted by Gasteiger charge is 2.50. The van der Waals surface area contributed by atoms with Crippen LogP contribution in [0.15, 0.2) is 29.3 Å². The summed E-state index contributed by atoms with van der Waals surface area (Å²) in [6, 6.07) is 4.07. The molecule has 9 nitrogen and oxygen atoms in total. The topological polar surface area (TPSA) is 96.2 Å². The van der Waals surface area contributed by atoms with Crippen LogP contribution in [-0.2, 0) is 0 Å². The molecule has 0 atom stereocenters. The summed E-state index contributed by atoms with van der Waals surface area (Å²) in [5.41, 5.74) is 2.82. The Morgan fingerprint density at radius 1 is 1.09 bits per heavy atom. The summed E-state index contributed by atoms with van der Waals surface area (Å²) in [6.45, 7) is 7.77. The van der Waals surface area contributed by atoms with Gasteiger partial charge in [-0.2, -0.15) is 4.98 Å². The molecule has 0 aromatic carbocycles. The van der Waals surface area contributed by atoms with E-state index < -0.39 is 0 Å². The van der Waals surface area contributed by atoms with E-state index in [2.05, 4.69) is 38.2 Å². The fraction of sp³-hybridized carbons (Fsp3) is 0.500. The lowest BCUT2D eigenvalue weighted by molar-refractivity contribution is -0.00241. The van der Waals surface area contributed by atoms with E-state index in [1.165, 1.54) is 20.0 Å². The SMILES string of the molecule is CC(=O)c1c(C)c2cnc(Nc3ccc(N4CC5(CN(C)C5)C4)cn3)nc2n(C2CCCC2)c1=O. The van der Waals surface area contributed by atoms with Crippen LogP contribution in [0.25, 0.3) is 11.0 Å². The van der Waals surface area contributed by atoms with Gasteiger partial charge in [-0.3, -0.25) is 14.2 Å². The molecule has 1 N–H and O–H groups in total. The van der Waals surface area contributed by atoms with E-state index in [1.807, 2.05) is 12.3 Å². The second-order valence-corrected chi connectivity index (χ2v) is 10.7. The Morgan fingerprint density at radius 3 is 2.46 bits per heavy atom. The third kappa shape index (κ3) is 3.69. The lowest BCUT2D eigenvalue weighted by atomic mass is 9.73. The first-order valence-electron chi connectivity index (χ1n) is 12.4. The van der Waals surface area contributed by atoms with Crippen LogP contribution in [0.2, 0.25) is 0 Å². The van der Waals surface area contributed by atoms with Gasteiger partial charge in [0.05, 0.1) is 17.4 Å².